The quantitative estimate of drug-likeness (QED) is 0.679. The van der Waals surface area contributed by atoms with Crippen LogP contribution in [0.1, 0.15) is 19.8 Å². The van der Waals surface area contributed by atoms with E-state index < -0.39 is 0 Å². The van der Waals surface area contributed by atoms with E-state index in [0.717, 1.165) is 35.8 Å². The zero-order valence-corrected chi connectivity index (χ0v) is 8.69. The van der Waals surface area contributed by atoms with E-state index in [-0.39, 0.29) is 5.91 Å². The first kappa shape index (κ1) is 9.90. The fraction of sp³-hybridized carbons (Fsp3) is 0.333. The monoisotopic (exact) mass is 203 g/mol. The first-order chi connectivity index (χ1) is 7.29. The molecule has 1 aliphatic rings. The van der Waals surface area contributed by atoms with Crippen LogP contribution in [0.25, 0.3) is 6.08 Å². The summed E-state index contributed by atoms with van der Waals surface area (Å²) in [6.45, 7) is 2.84. The molecule has 2 rings (SSSR count). The second-order valence-electron chi connectivity index (χ2n) is 3.52. The fourth-order valence-electron chi connectivity index (χ4n) is 1.46. The molecule has 0 spiro atoms. The highest BCUT2D eigenvalue weighted by atomic mass is 16.5. The Kier molecular flexibility index (Phi) is 2.81. The molecule has 3 nitrogen and oxygen atoms in total. The Morgan fingerprint density at radius 2 is 2.27 bits per heavy atom. The summed E-state index contributed by atoms with van der Waals surface area (Å²) >= 11 is 0. The Balaban J connectivity index is 2.18. The highest BCUT2D eigenvalue weighted by Gasteiger charge is 2.03. The fourth-order valence-corrected chi connectivity index (χ4v) is 1.46. The van der Waals surface area contributed by atoms with Gasteiger partial charge in [-0.25, -0.2) is 4.99 Å². The number of hydrogen-bond donors (Lipinski definition) is 0. The molecule has 0 bridgehead atoms. The van der Waals surface area contributed by atoms with Crippen molar-refractivity contribution < 1.29 is 9.53 Å². The summed E-state index contributed by atoms with van der Waals surface area (Å²) in [6, 6.07) is 5.53. The van der Waals surface area contributed by atoms with E-state index in [4.69, 9.17) is 4.74 Å². The predicted molar refractivity (Wildman–Crippen MR) is 57.1 cm³/mol. The third-order valence-electron chi connectivity index (χ3n) is 2.28. The molecule has 1 amide bonds. The molecular formula is C12H13NO2. The molecule has 0 saturated heterocycles. The number of rotatable bonds is 4. The number of ether oxygens (including phenoxy) is 1. The predicted octanol–water partition coefficient (Wildman–Crippen LogP) is 0.806. The number of amides is 1. The number of carbonyl (C=O) groups excluding carboxylic acids is 1. The second kappa shape index (κ2) is 4.26. The van der Waals surface area contributed by atoms with Crippen molar-refractivity contribution in [3.05, 3.63) is 28.8 Å². The van der Waals surface area contributed by atoms with Gasteiger partial charge in [-0.3, -0.25) is 4.79 Å². The standard InChI is InChI=1S/C12H13NO2/c1-2-3-6-15-10-4-5-11-9(7-10)8-12(14)13-11/h4-5,7-8H,2-3,6H2,1H3. The van der Waals surface area contributed by atoms with E-state index >= 15 is 0 Å². The molecule has 1 aromatic carbocycles. The van der Waals surface area contributed by atoms with Crippen LogP contribution in [0.3, 0.4) is 0 Å². The number of benzene rings is 1. The molecule has 3 heteroatoms. The maximum Gasteiger partial charge on any atom is 0.270 e. The summed E-state index contributed by atoms with van der Waals surface area (Å²) in [5.74, 6) is 0.624. The lowest BCUT2D eigenvalue weighted by atomic mass is 10.2. The van der Waals surface area contributed by atoms with Gasteiger partial charge < -0.3 is 4.74 Å². The molecule has 0 saturated carbocycles. The molecule has 0 fully saturated rings. The van der Waals surface area contributed by atoms with Gasteiger partial charge in [0, 0.05) is 11.3 Å². The minimum absolute atomic E-state index is 0.185. The van der Waals surface area contributed by atoms with Gasteiger partial charge in [0.05, 0.1) is 12.0 Å². The average Bonchev–Trinajstić information content (AvgIpc) is 2.57. The Morgan fingerprint density at radius 1 is 1.40 bits per heavy atom. The van der Waals surface area contributed by atoms with E-state index in [1.54, 1.807) is 0 Å². The summed E-state index contributed by atoms with van der Waals surface area (Å²) in [5.41, 5.74) is 0. The van der Waals surface area contributed by atoms with Gasteiger partial charge in [-0.1, -0.05) is 13.3 Å². The zero-order valence-electron chi connectivity index (χ0n) is 8.69. The molecule has 0 atom stereocenters. The molecule has 0 aromatic heterocycles. The van der Waals surface area contributed by atoms with Crippen molar-refractivity contribution in [3.63, 3.8) is 0 Å². The van der Waals surface area contributed by atoms with Crippen LogP contribution in [0.2, 0.25) is 0 Å². The Hall–Kier alpha value is -1.64. The normalized spacial score (nSPS) is 13.0. The van der Waals surface area contributed by atoms with Crippen LogP contribution in [0.5, 0.6) is 5.75 Å². The van der Waals surface area contributed by atoms with Crippen molar-refractivity contribution in [1.29, 1.82) is 0 Å². The van der Waals surface area contributed by atoms with Crippen molar-refractivity contribution in [2.24, 2.45) is 4.99 Å². The summed E-state index contributed by atoms with van der Waals surface area (Å²) in [6.07, 6.45) is 3.69. The molecule has 1 aliphatic heterocycles. The Bertz CT molecular complexity index is 491. The molecule has 15 heavy (non-hydrogen) atoms. The first-order valence-corrected chi connectivity index (χ1v) is 5.17. The zero-order chi connectivity index (χ0) is 10.7. The van der Waals surface area contributed by atoms with Crippen LogP contribution in [0.4, 0.5) is 0 Å². The van der Waals surface area contributed by atoms with E-state index in [2.05, 4.69) is 11.9 Å². The van der Waals surface area contributed by atoms with Gasteiger partial charge in [0.25, 0.3) is 5.91 Å². The van der Waals surface area contributed by atoms with Crippen LogP contribution < -0.4 is 15.3 Å². The lowest BCUT2D eigenvalue weighted by molar-refractivity contribution is -0.112. The van der Waals surface area contributed by atoms with Crippen molar-refractivity contribution in [2.45, 2.75) is 19.8 Å². The van der Waals surface area contributed by atoms with Gasteiger partial charge >= 0.3 is 0 Å². The molecule has 0 unspecified atom stereocenters. The summed E-state index contributed by atoms with van der Waals surface area (Å²) in [7, 11) is 0. The number of unbranched alkanes of at least 4 members (excludes halogenated alkanes) is 1. The smallest absolute Gasteiger partial charge is 0.270 e. The number of nitrogens with zero attached hydrogens (tertiary/aromatic N) is 1. The molecule has 1 heterocycles. The van der Waals surface area contributed by atoms with Crippen LogP contribution in [-0.2, 0) is 4.79 Å². The molecule has 1 aromatic rings. The molecule has 0 N–H and O–H groups in total. The molecule has 78 valence electrons. The molecule has 0 aliphatic carbocycles. The van der Waals surface area contributed by atoms with E-state index in [0.29, 0.717) is 0 Å². The van der Waals surface area contributed by atoms with Gasteiger partial charge in [-0.15, -0.1) is 0 Å². The lowest BCUT2D eigenvalue weighted by Gasteiger charge is -2.03. The largest absolute Gasteiger partial charge is 0.494 e. The van der Waals surface area contributed by atoms with E-state index in [1.165, 1.54) is 6.08 Å². The average molecular weight is 203 g/mol. The van der Waals surface area contributed by atoms with Gasteiger partial charge in [0.15, 0.2) is 0 Å². The van der Waals surface area contributed by atoms with Gasteiger partial charge in [-0.2, -0.15) is 0 Å². The van der Waals surface area contributed by atoms with Crippen molar-refractivity contribution in [3.8, 4) is 5.75 Å². The number of carbonyl (C=O) groups is 1. The maximum atomic E-state index is 11.0. The number of hydrogen-bond acceptors (Lipinski definition) is 2. The third kappa shape index (κ3) is 2.24. The Labute approximate surface area is 88.1 Å². The van der Waals surface area contributed by atoms with Crippen molar-refractivity contribution in [1.82, 2.24) is 0 Å². The first-order valence-electron chi connectivity index (χ1n) is 5.17. The third-order valence-corrected chi connectivity index (χ3v) is 2.28. The van der Waals surface area contributed by atoms with Crippen LogP contribution >= 0.6 is 0 Å². The minimum Gasteiger partial charge on any atom is -0.494 e. The molecule has 0 radical (unpaired) electrons. The van der Waals surface area contributed by atoms with Gasteiger partial charge in [0.1, 0.15) is 5.75 Å². The topological polar surface area (TPSA) is 38.7 Å². The van der Waals surface area contributed by atoms with E-state index in [1.807, 2.05) is 18.2 Å². The summed E-state index contributed by atoms with van der Waals surface area (Å²) < 4.78 is 5.53. The van der Waals surface area contributed by atoms with Gasteiger partial charge in [-0.05, 0) is 24.6 Å². The van der Waals surface area contributed by atoms with Crippen LogP contribution in [0, 0.1) is 0 Å². The molecular weight excluding hydrogens is 190 g/mol. The highest BCUT2D eigenvalue weighted by molar-refractivity contribution is 6.06. The Morgan fingerprint density at radius 3 is 3.07 bits per heavy atom. The summed E-state index contributed by atoms with van der Waals surface area (Å²) in [4.78, 5) is 14.8. The highest BCUT2D eigenvalue weighted by Crippen LogP contribution is 2.05. The van der Waals surface area contributed by atoms with Crippen LogP contribution in [0.15, 0.2) is 23.2 Å². The number of fused-ring (bicyclic) bond motifs is 1. The summed E-state index contributed by atoms with van der Waals surface area (Å²) in [5, 5.41) is 1.59. The minimum atomic E-state index is -0.185. The van der Waals surface area contributed by atoms with Crippen molar-refractivity contribution in [2.75, 3.05) is 6.61 Å². The van der Waals surface area contributed by atoms with E-state index in [9.17, 15) is 4.79 Å². The lowest BCUT2D eigenvalue weighted by Crippen LogP contribution is -2.20. The second-order valence-corrected chi connectivity index (χ2v) is 3.52. The maximum absolute atomic E-state index is 11.0. The van der Waals surface area contributed by atoms with Crippen molar-refractivity contribution >= 4 is 12.0 Å². The SMILES string of the molecule is CCCCOc1ccc2c(c1)=CC(=O)N=2. The van der Waals surface area contributed by atoms with Crippen LogP contribution in [-0.4, -0.2) is 12.5 Å². The van der Waals surface area contributed by atoms with Gasteiger partial charge in [0.2, 0.25) is 0 Å².